The fourth-order valence-corrected chi connectivity index (χ4v) is 3.13. The van der Waals surface area contributed by atoms with E-state index in [2.05, 4.69) is 10.2 Å². The average Bonchev–Trinajstić information content (AvgIpc) is 2.90. The van der Waals surface area contributed by atoms with Crippen LogP contribution in [0.4, 0.5) is 4.79 Å². The Kier molecular flexibility index (Phi) is 3.18. The van der Waals surface area contributed by atoms with Gasteiger partial charge in [-0.2, -0.15) is 0 Å². The Hall–Kier alpha value is -1.56. The molecule has 1 saturated heterocycles. The maximum atomic E-state index is 10.9. The van der Waals surface area contributed by atoms with E-state index in [1.165, 1.54) is 4.90 Å². The summed E-state index contributed by atoms with van der Waals surface area (Å²) in [6, 6.07) is 3.35. The number of carbonyl (C=O) groups is 1. The van der Waals surface area contributed by atoms with E-state index in [9.17, 15) is 4.79 Å². The van der Waals surface area contributed by atoms with Crippen molar-refractivity contribution in [2.45, 2.75) is 18.9 Å². The molecule has 19 heavy (non-hydrogen) atoms. The zero-order valence-corrected chi connectivity index (χ0v) is 11.0. The van der Waals surface area contributed by atoms with Gasteiger partial charge in [-0.25, -0.2) is 4.79 Å². The van der Waals surface area contributed by atoms with Crippen molar-refractivity contribution in [3.63, 3.8) is 0 Å². The van der Waals surface area contributed by atoms with Gasteiger partial charge in [0.15, 0.2) is 5.15 Å². The van der Waals surface area contributed by atoms with Gasteiger partial charge in [0.2, 0.25) is 5.88 Å². The van der Waals surface area contributed by atoms with Gasteiger partial charge >= 0.3 is 6.09 Å². The van der Waals surface area contributed by atoms with E-state index in [1.54, 1.807) is 12.1 Å². The SMILES string of the molecule is O=C(O)N1C[C@H]2C[C@@H](Oc3ccc(Cl)nn3)C[C@H]2C1. The molecule has 1 aliphatic heterocycles. The zero-order valence-electron chi connectivity index (χ0n) is 10.2. The summed E-state index contributed by atoms with van der Waals surface area (Å²) < 4.78 is 5.76. The summed E-state index contributed by atoms with van der Waals surface area (Å²) in [6.07, 6.45) is 1.02. The minimum Gasteiger partial charge on any atom is -0.473 e. The number of fused-ring (bicyclic) bond motifs is 1. The third kappa shape index (κ3) is 2.58. The number of ether oxygens (including phenoxy) is 1. The summed E-state index contributed by atoms with van der Waals surface area (Å²) in [5.41, 5.74) is 0. The van der Waals surface area contributed by atoms with Crippen LogP contribution in [0.1, 0.15) is 12.8 Å². The quantitative estimate of drug-likeness (QED) is 0.897. The van der Waals surface area contributed by atoms with Crippen LogP contribution in [0.15, 0.2) is 12.1 Å². The Labute approximate surface area is 115 Å². The van der Waals surface area contributed by atoms with Crippen molar-refractivity contribution < 1.29 is 14.6 Å². The summed E-state index contributed by atoms with van der Waals surface area (Å²) in [5, 5.41) is 16.9. The number of amides is 1. The first-order chi connectivity index (χ1) is 9.11. The van der Waals surface area contributed by atoms with E-state index in [1.807, 2.05) is 0 Å². The van der Waals surface area contributed by atoms with Crippen LogP contribution in [-0.4, -0.2) is 45.5 Å². The van der Waals surface area contributed by atoms with E-state index in [0.29, 0.717) is 36.0 Å². The number of rotatable bonds is 2. The molecule has 0 spiro atoms. The summed E-state index contributed by atoms with van der Waals surface area (Å²) >= 11 is 5.66. The molecule has 7 heteroatoms. The maximum absolute atomic E-state index is 10.9. The molecule has 3 atom stereocenters. The molecule has 0 unspecified atom stereocenters. The Balaban J connectivity index is 1.57. The van der Waals surface area contributed by atoms with E-state index >= 15 is 0 Å². The molecule has 102 valence electrons. The second kappa shape index (κ2) is 4.85. The van der Waals surface area contributed by atoms with E-state index < -0.39 is 6.09 Å². The van der Waals surface area contributed by atoms with Crippen LogP contribution in [0.25, 0.3) is 0 Å². The molecule has 1 aromatic rings. The minimum absolute atomic E-state index is 0.0985. The van der Waals surface area contributed by atoms with Crippen molar-refractivity contribution in [1.29, 1.82) is 0 Å². The molecule has 0 aromatic carbocycles. The van der Waals surface area contributed by atoms with E-state index in [-0.39, 0.29) is 6.10 Å². The molecule has 0 bridgehead atoms. The molecule has 1 saturated carbocycles. The standard InChI is InChI=1S/C12H14ClN3O3/c13-10-1-2-11(15-14-10)19-9-3-7-5-16(12(17)18)6-8(7)4-9/h1-2,7-9H,3-6H2,(H,17,18)/t7-,8+,9-. The molecular formula is C12H14ClN3O3. The third-order valence-electron chi connectivity index (χ3n) is 3.87. The second-order valence-corrected chi connectivity index (χ2v) is 5.50. The van der Waals surface area contributed by atoms with Crippen molar-refractivity contribution in [3.05, 3.63) is 17.3 Å². The fraction of sp³-hybridized carbons (Fsp3) is 0.583. The number of likely N-dealkylation sites (tertiary alicyclic amines) is 1. The molecule has 1 N–H and O–H groups in total. The molecule has 1 amide bonds. The smallest absolute Gasteiger partial charge is 0.407 e. The normalized spacial score (nSPS) is 29.3. The number of nitrogens with zero attached hydrogens (tertiary/aromatic N) is 3. The topological polar surface area (TPSA) is 75.5 Å². The Morgan fingerprint density at radius 2 is 2.00 bits per heavy atom. The Bertz CT molecular complexity index is 468. The second-order valence-electron chi connectivity index (χ2n) is 5.11. The largest absolute Gasteiger partial charge is 0.473 e. The monoisotopic (exact) mass is 283 g/mol. The molecule has 1 aliphatic carbocycles. The van der Waals surface area contributed by atoms with Gasteiger partial charge in [0, 0.05) is 19.2 Å². The molecular weight excluding hydrogens is 270 g/mol. The summed E-state index contributed by atoms with van der Waals surface area (Å²) in [5.74, 6) is 1.28. The van der Waals surface area contributed by atoms with Crippen LogP contribution in [0.2, 0.25) is 5.15 Å². The lowest BCUT2D eigenvalue weighted by Crippen LogP contribution is -2.29. The van der Waals surface area contributed by atoms with Gasteiger partial charge in [0.25, 0.3) is 0 Å². The van der Waals surface area contributed by atoms with Crippen molar-refractivity contribution in [3.8, 4) is 5.88 Å². The Morgan fingerprint density at radius 1 is 1.32 bits per heavy atom. The highest BCUT2D eigenvalue weighted by atomic mass is 35.5. The highest BCUT2D eigenvalue weighted by Gasteiger charge is 2.43. The van der Waals surface area contributed by atoms with Crippen LogP contribution in [0.3, 0.4) is 0 Å². The minimum atomic E-state index is -0.824. The zero-order chi connectivity index (χ0) is 13.4. The van der Waals surface area contributed by atoms with Crippen molar-refractivity contribution in [2.75, 3.05) is 13.1 Å². The van der Waals surface area contributed by atoms with Crippen LogP contribution in [0.5, 0.6) is 5.88 Å². The first kappa shape index (κ1) is 12.5. The molecule has 2 fully saturated rings. The number of aromatic nitrogens is 2. The van der Waals surface area contributed by atoms with Crippen LogP contribution >= 0.6 is 11.6 Å². The summed E-state index contributed by atoms with van der Waals surface area (Å²) in [7, 11) is 0. The predicted octanol–water partition coefficient (Wildman–Crippen LogP) is 1.90. The lowest BCUT2D eigenvalue weighted by molar-refractivity contribution is 0.143. The predicted molar refractivity (Wildman–Crippen MR) is 67.3 cm³/mol. The Morgan fingerprint density at radius 3 is 2.53 bits per heavy atom. The maximum Gasteiger partial charge on any atom is 0.407 e. The van der Waals surface area contributed by atoms with Crippen molar-refractivity contribution >= 4 is 17.7 Å². The highest BCUT2D eigenvalue weighted by Crippen LogP contribution is 2.39. The third-order valence-corrected chi connectivity index (χ3v) is 4.07. The van der Waals surface area contributed by atoms with Crippen LogP contribution in [0, 0.1) is 11.8 Å². The van der Waals surface area contributed by atoms with Gasteiger partial charge in [-0.05, 0) is 30.7 Å². The first-order valence-corrected chi connectivity index (χ1v) is 6.63. The lowest BCUT2D eigenvalue weighted by atomic mass is 10.0. The molecule has 0 radical (unpaired) electrons. The van der Waals surface area contributed by atoms with Gasteiger partial charge in [-0.1, -0.05) is 11.6 Å². The molecule has 1 aromatic heterocycles. The lowest BCUT2D eigenvalue weighted by Gasteiger charge is -2.16. The van der Waals surface area contributed by atoms with Crippen molar-refractivity contribution in [2.24, 2.45) is 11.8 Å². The van der Waals surface area contributed by atoms with E-state index in [0.717, 1.165) is 12.8 Å². The molecule has 3 rings (SSSR count). The van der Waals surface area contributed by atoms with E-state index in [4.69, 9.17) is 21.4 Å². The fourth-order valence-electron chi connectivity index (χ4n) is 3.03. The van der Waals surface area contributed by atoms with Gasteiger partial charge < -0.3 is 14.7 Å². The van der Waals surface area contributed by atoms with Gasteiger partial charge in [-0.3, -0.25) is 0 Å². The average molecular weight is 284 g/mol. The molecule has 2 aliphatic rings. The highest BCUT2D eigenvalue weighted by molar-refractivity contribution is 6.29. The molecule has 6 nitrogen and oxygen atoms in total. The van der Waals surface area contributed by atoms with Crippen LogP contribution < -0.4 is 4.74 Å². The number of halogens is 1. The summed E-state index contributed by atoms with van der Waals surface area (Å²) in [4.78, 5) is 12.4. The van der Waals surface area contributed by atoms with Gasteiger partial charge in [-0.15, -0.1) is 10.2 Å². The molecule has 2 heterocycles. The number of carboxylic acid groups (broad SMARTS) is 1. The first-order valence-electron chi connectivity index (χ1n) is 6.25. The van der Waals surface area contributed by atoms with Crippen LogP contribution in [-0.2, 0) is 0 Å². The number of hydrogen-bond acceptors (Lipinski definition) is 4. The van der Waals surface area contributed by atoms with Crippen molar-refractivity contribution in [1.82, 2.24) is 15.1 Å². The summed E-state index contributed by atoms with van der Waals surface area (Å²) in [6.45, 7) is 1.23. The van der Waals surface area contributed by atoms with Gasteiger partial charge in [0.1, 0.15) is 6.10 Å². The number of hydrogen-bond donors (Lipinski definition) is 1. The van der Waals surface area contributed by atoms with Gasteiger partial charge in [0.05, 0.1) is 0 Å².